The zero-order chi connectivity index (χ0) is 14.8. The molecule has 0 aromatic heterocycles. The Morgan fingerprint density at radius 2 is 2.05 bits per heavy atom. The van der Waals surface area contributed by atoms with Gasteiger partial charge in [0.1, 0.15) is 0 Å². The fraction of sp³-hybridized carbons (Fsp3) is 0.812. The predicted molar refractivity (Wildman–Crippen MR) is 87.8 cm³/mol. The molecule has 5 nitrogen and oxygen atoms in total. The zero-order valence-electron chi connectivity index (χ0n) is 13.4. The predicted octanol–water partition coefficient (Wildman–Crippen LogP) is 1.37. The van der Waals surface area contributed by atoms with E-state index < -0.39 is 0 Å². The molecule has 0 unspecified atom stereocenters. The highest BCUT2D eigenvalue weighted by atomic mass is 16.5. The van der Waals surface area contributed by atoms with Gasteiger partial charge in [-0.25, -0.2) is 0 Å². The molecule has 0 amide bonds. The van der Waals surface area contributed by atoms with Crippen LogP contribution in [0.4, 0.5) is 0 Å². The second kappa shape index (κ2) is 9.79. The van der Waals surface area contributed by atoms with E-state index in [1.54, 1.807) is 0 Å². The first-order valence-corrected chi connectivity index (χ1v) is 8.31. The number of nitrogens with one attached hydrogen (secondary N) is 2. The Morgan fingerprint density at radius 3 is 2.76 bits per heavy atom. The monoisotopic (exact) mass is 294 g/mol. The van der Waals surface area contributed by atoms with Crippen LogP contribution in [0.15, 0.2) is 16.6 Å². The van der Waals surface area contributed by atoms with Crippen LogP contribution in [0.3, 0.4) is 0 Å². The van der Waals surface area contributed by atoms with Crippen LogP contribution in [0.2, 0.25) is 0 Å². The van der Waals surface area contributed by atoms with Crippen LogP contribution in [0.1, 0.15) is 32.1 Å². The molecule has 5 heteroatoms. The molecule has 0 bridgehead atoms. The molecule has 0 spiro atoms. The van der Waals surface area contributed by atoms with Gasteiger partial charge in [0, 0.05) is 26.7 Å². The number of aliphatic imine (C=N–C) groups is 1. The minimum atomic E-state index is 0.776. The maximum absolute atomic E-state index is 5.32. The summed E-state index contributed by atoms with van der Waals surface area (Å²) in [5.74, 6) is 0.916. The summed E-state index contributed by atoms with van der Waals surface area (Å²) in [6.45, 7) is 7.18. The topological polar surface area (TPSA) is 48.9 Å². The molecule has 0 aromatic carbocycles. The number of guanidine groups is 1. The molecule has 2 rings (SSSR count). The van der Waals surface area contributed by atoms with Crippen molar-refractivity contribution in [3.8, 4) is 0 Å². The summed E-state index contributed by atoms with van der Waals surface area (Å²) < 4.78 is 5.32. The molecule has 0 atom stereocenters. The van der Waals surface area contributed by atoms with Crippen molar-refractivity contribution < 1.29 is 4.74 Å². The summed E-state index contributed by atoms with van der Waals surface area (Å²) in [6, 6.07) is 0. The molecular weight excluding hydrogens is 264 g/mol. The second-order valence-corrected chi connectivity index (χ2v) is 5.77. The van der Waals surface area contributed by atoms with Gasteiger partial charge >= 0.3 is 0 Å². The number of ether oxygens (including phenoxy) is 1. The molecule has 120 valence electrons. The lowest BCUT2D eigenvalue weighted by Gasteiger charge is -2.26. The van der Waals surface area contributed by atoms with Gasteiger partial charge in [0.05, 0.1) is 13.2 Å². The lowest BCUT2D eigenvalue weighted by Crippen LogP contribution is -2.43. The molecule has 2 N–H and O–H groups in total. The molecule has 0 aromatic rings. The highest BCUT2D eigenvalue weighted by Crippen LogP contribution is 2.10. The number of hydrogen-bond acceptors (Lipinski definition) is 3. The van der Waals surface area contributed by atoms with E-state index in [2.05, 4.69) is 26.6 Å². The quantitative estimate of drug-likeness (QED) is 0.441. The van der Waals surface area contributed by atoms with Gasteiger partial charge in [0.25, 0.3) is 0 Å². The molecular formula is C16H30N4O. The van der Waals surface area contributed by atoms with Gasteiger partial charge in [0.15, 0.2) is 5.96 Å². The lowest BCUT2D eigenvalue weighted by molar-refractivity contribution is 0.153. The standard InChI is InChI=1S/C16H30N4O/c1-17-16(18-8-5-15-6-13-21-14-7-15)19-9-12-20-10-3-2-4-11-20/h6H,2-5,7-14H2,1H3,(H2,17,18,19). The fourth-order valence-corrected chi connectivity index (χ4v) is 2.87. The molecule has 2 heterocycles. The first-order chi connectivity index (χ1) is 10.4. The molecule has 0 radical (unpaired) electrons. The number of piperidine rings is 1. The Labute approximate surface area is 128 Å². The smallest absolute Gasteiger partial charge is 0.191 e. The van der Waals surface area contributed by atoms with E-state index in [1.165, 1.54) is 37.9 Å². The number of nitrogens with zero attached hydrogens (tertiary/aromatic N) is 2. The normalized spacial score (nSPS) is 21.0. The number of hydrogen-bond donors (Lipinski definition) is 2. The van der Waals surface area contributed by atoms with Crippen LogP contribution in [-0.4, -0.2) is 63.8 Å². The van der Waals surface area contributed by atoms with Gasteiger partial charge in [-0.1, -0.05) is 18.1 Å². The largest absolute Gasteiger partial charge is 0.377 e. The zero-order valence-corrected chi connectivity index (χ0v) is 13.4. The summed E-state index contributed by atoms with van der Waals surface area (Å²) >= 11 is 0. The van der Waals surface area contributed by atoms with E-state index in [0.717, 1.165) is 51.6 Å². The van der Waals surface area contributed by atoms with Gasteiger partial charge in [-0.05, 0) is 38.8 Å². The van der Waals surface area contributed by atoms with Crippen molar-refractivity contribution in [3.05, 3.63) is 11.6 Å². The first-order valence-electron chi connectivity index (χ1n) is 8.31. The summed E-state index contributed by atoms with van der Waals surface area (Å²) in [4.78, 5) is 6.82. The second-order valence-electron chi connectivity index (χ2n) is 5.77. The Kier molecular flexibility index (Phi) is 7.60. The molecule has 0 saturated carbocycles. The van der Waals surface area contributed by atoms with E-state index in [0.29, 0.717) is 0 Å². The van der Waals surface area contributed by atoms with Crippen molar-refractivity contribution in [1.29, 1.82) is 0 Å². The molecule has 1 saturated heterocycles. The number of rotatable bonds is 6. The SMILES string of the molecule is CN=C(NCCC1=CCOCC1)NCCN1CCCCC1. The minimum absolute atomic E-state index is 0.776. The van der Waals surface area contributed by atoms with E-state index in [4.69, 9.17) is 4.74 Å². The fourth-order valence-electron chi connectivity index (χ4n) is 2.87. The van der Waals surface area contributed by atoms with Crippen LogP contribution < -0.4 is 10.6 Å². The van der Waals surface area contributed by atoms with Crippen molar-refractivity contribution >= 4 is 5.96 Å². The Balaban J connectivity index is 1.56. The van der Waals surface area contributed by atoms with E-state index in [1.807, 2.05) is 7.05 Å². The average molecular weight is 294 g/mol. The Bertz CT molecular complexity index is 348. The van der Waals surface area contributed by atoms with Gasteiger partial charge in [-0.3, -0.25) is 4.99 Å². The molecule has 21 heavy (non-hydrogen) atoms. The molecule has 2 aliphatic heterocycles. The Morgan fingerprint density at radius 1 is 1.24 bits per heavy atom. The molecule has 1 fully saturated rings. The van der Waals surface area contributed by atoms with Gasteiger partial charge in [0.2, 0.25) is 0 Å². The first kappa shape index (κ1) is 16.3. The average Bonchev–Trinajstić information content (AvgIpc) is 2.55. The molecule has 2 aliphatic rings. The summed E-state index contributed by atoms with van der Waals surface area (Å²) in [6.07, 6.45) is 8.46. The maximum atomic E-state index is 5.32. The minimum Gasteiger partial charge on any atom is -0.377 e. The van der Waals surface area contributed by atoms with Crippen molar-refractivity contribution in [2.45, 2.75) is 32.1 Å². The summed E-state index contributed by atoms with van der Waals surface area (Å²) in [7, 11) is 1.84. The van der Waals surface area contributed by atoms with Gasteiger partial charge in [-0.15, -0.1) is 0 Å². The van der Waals surface area contributed by atoms with E-state index in [-0.39, 0.29) is 0 Å². The Hall–Kier alpha value is -1.07. The van der Waals surface area contributed by atoms with E-state index >= 15 is 0 Å². The summed E-state index contributed by atoms with van der Waals surface area (Å²) in [5, 5.41) is 6.80. The lowest BCUT2D eigenvalue weighted by atomic mass is 10.1. The van der Waals surface area contributed by atoms with Crippen molar-refractivity contribution in [3.63, 3.8) is 0 Å². The van der Waals surface area contributed by atoms with Crippen molar-refractivity contribution in [2.75, 3.05) is 53.0 Å². The van der Waals surface area contributed by atoms with Crippen LogP contribution in [0.5, 0.6) is 0 Å². The highest BCUT2D eigenvalue weighted by Gasteiger charge is 2.09. The van der Waals surface area contributed by atoms with Gasteiger partial charge in [-0.2, -0.15) is 0 Å². The third-order valence-electron chi connectivity index (χ3n) is 4.19. The molecule has 0 aliphatic carbocycles. The summed E-state index contributed by atoms with van der Waals surface area (Å²) in [5.41, 5.74) is 1.50. The van der Waals surface area contributed by atoms with Crippen LogP contribution in [0, 0.1) is 0 Å². The van der Waals surface area contributed by atoms with Crippen LogP contribution >= 0.6 is 0 Å². The van der Waals surface area contributed by atoms with Crippen LogP contribution in [-0.2, 0) is 4.74 Å². The van der Waals surface area contributed by atoms with Gasteiger partial charge < -0.3 is 20.3 Å². The third-order valence-corrected chi connectivity index (χ3v) is 4.19. The van der Waals surface area contributed by atoms with E-state index in [9.17, 15) is 0 Å². The third kappa shape index (κ3) is 6.48. The maximum Gasteiger partial charge on any atom is 0.191 e. The van der Waals surface area contributed by atoms with Crippen molar-refractivity contribution in [1.82, 2.24) is 15.5 Å². The highest BCUT2D eigenvalue weighted by molar-refractivity contribution is 5.79. The van der Waals surface area contributed by atoms with Crippen molar-refractivity contribution in [2.24, 2.45) is 4.99 Å². The number of likely N-dealkylation sites (tertiary alicyclic amines) is 1. The van der Waals surface area contributed by atoms with Crippen LogP contribution in [0.25, 0.3) is 0 Å².